The van der Waals surface area contributed by atoms with Gasteiger partial charge in [-0.15, -0.1) is 0 Å². The molecule has 1 saturated heterocycles. The number of fused-ring (bicyclic) bond motifs is 1. The summed E-state index contributed by atoms with van der Waals surface area (Å²) in [6.45, 7) is 3.58. The van der Waals surface area contributed by atoms with Crippen LogP contribution in [0.3, 0.4) is 0 Å². The minimum atomic E-state index is 0.505. The van der Waals surface area contributed by atoms with Gasteiger partial charge in [0.15, 0.2) is 0 Å². The van der Waals surface area contributed by atoms with Gasteiger partial charge in [0.25, 0.3) is 0 Å². The molecule has 1 aliphatic heterocycles. The van der Waals surface area contributed by atoms with Crippen LogP contribution in [0.4, 0.5) is 6.01 Å². The largest absolute Gasteiger partial charge is 0.324 e. The molecule has 0 amide bonds. The van der Waals surface area contributed by atoms with E-state index in [1.807, 2.05) is 30.3 Å². The van der Waals surface area contributed by atoms with Gasteiger partial charge in [-0.1, -0.05) is 22.8 Å². The second-order valence-corrected chi connectivity index (χ2v) is 5.61. The van der Waals surface area contributed by atoms with Crippen LogP contribution in [0, 0.1) is 0 Å². The number of anilines is 1. The van der Waals surface area contributed by atoms with Crippen molar-refractivity contribution in [2.75, 3.05) is 31.1 Å². The van der Waals surface area contributed by atoms with Gasteiger partial charge in [-0.05, 0) is 24.3 Å². The number of nitrogens with one attached hydrogen (secondary N) is 1. The molecular weight excluding hydrogens is 302 g/mol. The predicted octanol–water partition coefficient (Wildman–Crippen LogP) is 2.35. The molecule has 1 fully saturated rings. The molecule has 112 valence electrons. The average Bonchev–Trinajstić information content (AvgIpc) is 3.05. The summed E-state index contributed by atoms with van der Waals surface area (Å²) in [6, 6.07) is 9.99. The lowest BCUT2D eigenvalue weighted by molar-refractivity contribution is 0.405. The first kappa shape index (κ1) is 13.5. The Hall–Kier alpha value is -2.18. The Balaban J connectivity index is 1.66. The van der Waals surface area contributed by atoms with Crippen molar-refractivity contribution in [1.82, 2.24) is 20.4 Å². The summed E-state index contributed by atoms with van der Waals surface area (Å²) in [4.78, 5) is 11.1. The number of nitrogens with zero attached hydrogens (tertiary/aromatic N) is 4. The van der Waals surface area contributed by atoms with Gasteiger partial charge in [-0.2, -0.15) is 4.98 Å². The van der Waals surface area contributed by atoms with Crippen molar-refractivity contribution >= 4 is 28.5 Å². The first-order valence-corrected chi connectivity index (χ1v) is 7.53. The van der Waals surface area contributed by atoms with Crippen molar-refractivity contribution in [3.63, 3.8) is 0 Å². The fourth-order valence-electron chi connectivity index (χ4n) is 2.53. The normalized spacial score (nSPS) is 15.4. The molecule has 0 unspecified atom stereocenters. The van der Waals surface area contributed by atoms with Crippen LogP contribution in [0.15, 0.2) is 34.9 Å². The van der Waals surface area contributed by atoms with Crippen LogP contribution < -0.4 is 10.2 Å². The zero-order chi connectivity index (χ0) is 14.9. The van der Waals surface area contributed by atoms with E-state index in [9.17, 15) is 0 Å². The molecule has 1 aromatic carbocycles. The van der Waals surface area contributed by atoms with Gasteiger partial charge in [-0.25, -0.2) is 4.98 Å². The fraction of sp³-hybridized carbons (Fsp3) is 0.267. The number of rotatable bonds is 2. The molecule has 4 rings (SSSR count). The summed E-state index contributed by atoms with van der Waals surface area (Å²) in [5.41, 5.74) is 1.55. The zero-order valence-corrected chi connectivity index (χ0v) is 12.5. The Kier molecular flexibility index (Phi) is 3.40. The Labute approximate surface area is 132 Å². The molecule has 0 radical (unpaired) electrons. The molecule has 0 saturated carbocycles. The van der Waals surface area contributed by atoms with E-state index in [4.69, 9.17) is 16.1 Å². The average molecular weight is 316 g/mol. The van der Waals surface area contributed by atoms with Crippen LogP contribution >= 0.6 is 11.6 Å². The highest BCUT2D eigenvalue weighted by molar-refractivity contribution is 6.31. The molecule has 3 heterocycles. The molecule has 0 bridgehead atoms. The Bertz CT molecular complexity index is 813. The van der Waals surface area contributed by atoms with Gasteiger partial charge in [0.1, 0.15) is 5.69 Å². The van der Waals surface area contributed by atoms with Crippen LogP contribution in [-0.4, -0.2) is 41.3 Å². The SMILES string of the molecule is Clc1ccc2nc(-c3noc(N4CCNCC4)n3)ccc2c1. The fourth-order valence-corrected chi connectivity index (χ4v) is 2.71. The maximum absolute atomic E-state index is 5.99. The lowest BCUT2D eigenvalue weighted by Gasteiger charge is -2.24. The number of halogens is 1. The molecule has 0 atom stereocenters. The van der Waals surface area contributed by atoms with Crippen LogP contribution in [0.2, 0.25) is 5.02 Å². The van der Waals surface area contributed by atoms with Crippen molar-refractivity contribution in [2.45, 2.75) is 0 Å². The molecule has 22 heavy (non-hydrogen) atoms. The number of pyridine rings is 1. The van der Waals surface area contributed by atoms with Gasteiger partial charge >= 0.3 is 6.01 Å². The minimum Gasteiger partial charge on any atom is -0.322 e. The van der Waals surface area contributed by atoms with Crippen LogP contribution in [0.25, 0.3) is 22.4 Å². The van der Waals surface area contributed by atoms with Crippen molar-refractivity contribution < 1.29 is 4.52 Å². The molecule has 0 aliphatic carbocycles. The molecule has 7 heteroatoms. The van der Waals surface area contributed by atoms with Crippen molar-refractivity contribution in [3.8, 4) is 11.5 Å². The molecular formula is C15H14ClN5O. The van der Waals surface area contributed by atoms with Crippen LogP contribution in [0.5, 0.6) is 0 Å². The van der Waals surface area contributed by atoms with Gasteiger partial charge < -0.3 is 14.7 Å². The lowest BCUT2D eigenvalue weighted by atomic mass is 10.2. The van der Waals surface area contributed by atoms with Crippen molar-refractivity contribution in [2.24, 2.45) is 0 Å². The number of piperazine rings is 1. The van der Waals surface area contributed by atoms with E-state index >= 15 is 0 Å². The van der Waals surface area contributed by atoms with Crippen LogP contribution in [0.1, 0.15) is 0 Å². The predicted molar refractivity (Wildman–Crippen MR) is 85.1 cm³/mol. The van der Waals surface area contributed by atoms with E-state index in [0.717, 1.165) is 37.1 Å². The number of benzene rings is 1. The summed E-state index contributed by atoms with van der Waals surface area (Å²) in [5.74, 6) is 0.505. The van der Waals surface area contributed by atoms with E-state index in [1.54, 1.807) is 0 Å². The Morgan fingerprint density at radius 3 is 2.82 bits per heavy atom. The van der Waals surface area contributed by atoms with Gasteiger partial charge in [-0.3, -0.25) is 0 Å². The minimum absolute atomic E-state index is 0.505. The molecule has 2 aromatic heterocycles. The summed E-state index contributed by atoms with van der Waals surface area (Å²) in [6.07, 6.45) is 0. The van der Waals surface area contributed by atoms with E-state index in [2.05, 4.69) is 25.3 Å². The molecule has 1 aliphatic rings. The summed E-state index contributed by atoms with van der Waals surface area (Å²) in [5, 5.41) is 9.03. The van der Waals surface area contributed by atoms with Crippen molar-refractivity contribution in [3.05, 3.63) is 35.4 Å². The summed E-state index contributed by atoms with van der Waals surface area (Å²) < 4.78 is 5.37. The third-order valence-electron chi connectivity index (χ3n) is 3.68. The van der Waals surface area contributed by atoms with E-state index in [-0.39, 0.29) is 0 Å². The Morgan fingerprint density at radius 1 is 1.09 bits per heavy atom. The molecule has 1 N–H and O–H groups in total. The highest BCUT2D eigenvalue weighted by Gasteiger charge is 2.18. The zero-order valence-electron chi connectivity index (χ0n) is 11.8. The highest BCUT2D eigenvalue weighted by Crippen LogP contribution is 2.23. The summed E-state index contributed by atoms with van der Waals surface area (Å²) >= 11 is 5.99. The number of hydrogen-bond donors (Lipinski definition) is 1. The molecule has 3 aromatic rings. The monoisotopic (exact) mass is 315 g/mol. The standard InChI is InChI=1S/C15H14ClN5O/c16-11-2-4-12-10(9-11)1-3-13(18-12)14-19-15(22-20-14)21-7-5-17-6-8-21/h1-4,9,17H,5-8H2. The third-order valence-corrected chi connectivity index (χ3v) is 3.92. The number of hydrogen-bond acceptors (Lipinski definition) is 6. The van der Waals surface area contributed by atoms with E-state index < -0.39 is 0 Å². The summed E-state index contributed by atoms with van der Waals surface area (Å²) in [7, 11) is 0. The smallest absolute Gasteiger partial charge is 0.322 e. The molecule has 6 nitrogen and oxygen atoms in total. The first-order valence-electron chi connectivity index (χ1n) is 7.16. The highest BCUT2D eigenvalue weighted by atomic mass is 35.5. The quantitative estimate of drug-likeness (QED) is 0.783. The molecule has 0 spiro atoms. The lowest BCUT2D eigenvalue weighted by Crippen LogP contribution is -2.43. The third kappa shape index (κ3) is 2.51. The van der Waals surface area contributed by atoms with Crippen molar-refractivity contribution in [1.29, 1.82) is 0 Å². The van der Waals surface area contributed by atoms with Gasteiger partial charge in [0, 0.05) is 36.6 Å². The second kappa shape index (κ2) is 5.55. The van der Waals surface area contributed by atoms with E-state index in [1.165, 1.54) is 0 Å². The van der Waals surface area contributed by atoms with Gasteiger partial charge in [0.2, 0.25) is 5.82 Å². The topological polar surface area (TPSA) is 67.1 Å². The van der Waals surface area contributed by atoms with Crippen LogP contribution in [-0.2, 0) is 0 Å². The van der Waals surface area contributed by atoms with Gasteiger partial charge in [0.05, 0.1) is 5.52 Å². The maximum Gasteiger partial charge on any atom is 0.324 e. The van der Waals surface area contributed by atoms with E-state index in [0.29, 0.717) is 22.6 Å². The maximum atomic E-state index is 5.99. The first-order chi connectivity index (χ1) is 10.8. The number of aromatic nitrogens is 3. The second-order valence-electron chi connectivity index (χ2n) is 5.17. The Morgan fingerprint density at radius 2 is 1.95 bits per heavy atom.